The Morgan fingerprint density at radius 2 is 1.48 bits per heavy atom. The van der Waals surface area contributed by atoms with E-state index in [0.29, 0.717) is 16.8 Å². The molecule has 0 radical (unpaired) electrons. The highest BCUT2D eigenvalue weighted by molar-refractivity contribution is 6.23. The van der Waals surface area contributed by atoms with E-state index in [1.807, 2.05) is 30.3 Å². The summed E-state index contributed by atoms with van der Waals surface area (Å²) in [5.41, 5.74) is 1.90. The van der Waals surface area contributed by atoms with Crippen LogP contribution in [0, 0.1) is 11.7 Å². The number of esters is 1. The Hall–Kier alpha value is -5.02. The summed E-state index contributed by atoms with van der Waals surface area (Å²) in [6.45, 7) is 0. The van der Waals surface area contributed by atoms with Crippen molar-refractivity contribution in [3.63, 3.8) is 0 Å². The molecule has 2 heterocycles. The average molecular weight is 539 g/mol. The van der Waals surface area contributed by atoms with Crippen LogP contribution in [0.2, 0.25) is 0 Å². The number of nitrogens with zero attached hydrogens (tertiary/aromatic N) is 2. The number of anilines is 2. The number of fused-ring (bicyclic) bond motifs is 1. The number of imide groups is 1. The normalized spacial score (nSPS) is 20.0. The predicted octanol–water partition coefficient (Wildman–Crippen LogP) is 5.10. The van der Waals surface area contributed by atoms with Crippen molar-refractivity contribution in [1.82, 2.24) is 0 Å². The lowest BCUT2D eigenvalue weighted by molar-refractivity contribution is -0.126. The average Bonchev–Trinajstić information content (AvgIpc) is 3.50. The van der Waals surface area contributed by atoms with Crippen LogP contribution in [0.3, 0.4) is 0 Å². The van der Waals surface area contributed by atoms with Crippen molar-refractivity contribution in [2.75, 3.05) is 17.1 Å². The van der Waals surface area contributed by atoms with Crippen LogP contribution in [0.4, 0.5) is 15.8 Å². The maximum atomic E-state index is 13.8. The third kappa shape index (κ3) is 4.36. The standard InChI is InChI=1S/C31H23FN2O6/c1-38-25-18-20(12-17-24(25)39-31(37)19-8-4-2-5-9-19)27-26-28(40-34(27)23-10-6-3-7-11-23)30(36)33(29(26)35)22-15-13-21(32)14-16-22/h2-18,26-28H,1H3/t26-,27+,28-/m0/s1. The topological polar surface area (TPSA) is 85.4 Å². The fourth-order valence-electron chi connectivity index (χ4n) is 5.08. The summed E-state index contributed by atoms with van der Waals surface area (Å²) >= 11 is 0. The Bertz CT molecular complexity index is 1580. The fraction of sp³-hybridized carbons (Fsp3) is 0.129. The van der Waals surface area contributed by atoms with Gasteiger partial charge in [0, 0.05) is 0 Å². The molecule has 3 atom stereocenters. The summed E-state index contributed by atoms with van der Waals surface area (Å²) in [7, 11) is 1.45. The number of rotatable bonds is 6. The molecule has 4 aromatic rings. The van der Waals surface area contributed by atoms with E-state index in [4.69, 9.17) is 14.3 Å². The minimum absolute atomic E-state index is 0.198. The van der Waals surface area contributed by atoms with E-state index in [1.165, 1.54) is 31.4 Å². The van der Waals surface area contributed by atoms with E-state index >= 15 is 0 Å². The van der Waals surface area contributed by atoms with Gasteiger partial charge in [-0.25, -0.2) is 19.1 Å². The predicted molar refractivity (Wildman–Crippen MR) is 143 cm³/mol. The first-order valence-corrected chi connectivity index (χ1v) is 12.6. The summed E-state index contributed by atoms with van der Waals surface area (Å²) < 4.78 is 24.7. The van der Waals surface area contributed by atoms with Gasteiger partial charge < -0.3 is 9.47 Å². The van der Waals surface area contributed by atoms with Gasteiger partial charge in [0.25, 0.3) is 5.91 Å². The van der Waals surface area contributed by atoms with Gasteiger partial charge in [0.1, 0.15) is 11.7 Å². The number of benzene rings is 4. The molecular weight excluding hydrogens is 515 g/mol. The van der Waals surface area contributed by atoms with E-state index in [9.17, 15) is 18.8 Å². The van der Waals surface area contributed by atoms with Gasteiger partial charge in [0.05, 0.1) is 30.1 Å². The van der Waals surface area contributed by atoms with Crippen molar-refractivity contribution in [3.8, 4) is 11.5 Å². The number of halogens is 1. The summed E-state index contributed by atoms with van der Waals surface area (Å²) in [6, 6.07) is 27.1. The smallest absolute Gasteiger partial charge is 0.343 e. The van der Waals surface area contributed by atoms with Gasteiger partial charge in [0.15, 0.2) is 17.6 Å². The molecule has 4 aromatic carbocycles. The Kier molecular flexibility index (Phi) is 6.49. The Morgan fingerprint density at radius 3 is 2.15 bits per heavy atom. The molecule has 0 N–H and O–H groups in total. The minimum Gasteiger partial charge on any atom is -0.493 e. The highest BCUT2D eigenvalue weighted by atomic mass is 19.1. The number of hydrogen-bond acceptors (Lipinski definition) is 7. The number of para-hydroxylation sites is 1. The van der Waals surface area contributed by atoms with Crippen LogP contribution in [0.25, 0.3) is 0 Å². The van der Waals surface area contributed by atoms with Crippen molar-refractivity contribution < 1.29 is 33.1 Å². The lowest BCUT2D eigenvalue weighted by Gasteiger charge is -2.29. The van der Waals surface area contributed by atoms with Gasteiger partial charge >= 0.3 is 5.97 Å². The van der Waals surface area contributed by atoms with Gasteiger partial charge in [0.2, 0.25) is 5.91 Å². The Balaban J connectivity index is 1.38. The SMILES string of the molecule is COc1cc([C@@H]2[C@@H]3C(=O)N(c4ccc(F)cc4)C(=O)[C@H]3ON2c2ccccc2)ccc1OC(=O)c1ccccc1. The molecule has 2 aliphatic rings. The molecule has 0 saturated carbocycles. The molecule has 0 spiro atoms. The maximum Gasteiger partial charge on any atom is 0.343 e. The number of hydrogen-bond donors (Lipinski definition) is 0. The van der Waals surface area contributed by atoms with Gasteiger partial charge in [-0.2, -0.15) is 0 Å². The highest BCUT2D eigenvalue weighted by Crippen LogP contribution is 2.48. The number of hydroxylamine groups is 1. The number of carbonyl (C=O) groups is 3. The van der Waals surface area contributed by atoms with Gasteiger partial charge in [-0.15, -0.1) is 0 Å². The molecule has 2 aliphatic heterocycles. The van der Waals surface area contributed by atoms with Crippen molar-refractivity contribution in [2.45, 2.75) is 12.1 Å². The van der Waals surface area contributed by atoms with Gasteiger partial charge in [-0.1, -0.05) is 42.5 Å². The molecule has 2 fully saturated rings. The quantitative estimate of drug-likeness (QED) is 0.192. The number of ether oxygens (including phenoxy) is 2. The number of carbonyl (C=O) groups excluding carboxylic acids is 3. The zero-order valence-electron chi connectivity index (χ0n) is 21.3. The third-order valence-electron chi connectivity index (χ3n) is 6.95. The maximum absolute atomic E-state index is 13.8. The van der Waals surface area contributed by atoms with Crippen LogP contribution in [-0.2, 0) is 14.4 Å². The molecule has 9 heteroatoms. The number of amides is 2. The minimum atomic E-state index is -1.09. The van der Waals surface area contributed by atoms with Crippen LogP contribution in [0.1, 0.15) is 22.0 Å². The summed E-state index contributed by atoms with van der Waals surface area (Å²) in [6.07, 6.45) is -1.09. The van der Waals surface area contributed by atoms with Crippen molar-refractivity contribution in [3.05, 3.63) is 120 Å². The molecule has 2 amide bonds. The Labute approximate surface area is 229 Å². The van der Waals surface area contributed by atoms with Crippen LogP contribution in [-0.4, -0.2) is 31.0 Å². The number of methoxy groups -OCH3 is 1. The van der Waals surface area contributed by atoms with Gasteiger partial charge in [-0.05, 0) is 66.2 Å². The molecule has 6 rings (SSSR count). The van der Waals surface area contributed by atoms with E-state index in [-0.39, 0.29) is 17.2 Å². The lowest BCUT2D eigenvalue weighted by atomic mass is 9.90. The summed E-state index contributed by atoms with van der Waals surface area (Å²) in [5.74, 6) is -2.47. The molecule has 8 nitrogen and oxygen atoms in total. The first kappa shape index (κ1) is 25.3. The second-order valence-electron chi connectivity index (χ2n) is 9.31. The molecule has 0 bridgehead atoms. The zero-order valence-corrected chi connectivity index (χ0v) is 21.3. The molecule has 200 valence electrons. The van der Waals surface area contributed by atoms with Crippen LogP contribution < -0.4 is 19.4 Å². The first-order valence-electron chi connectivity index (χ1n) is 12.6. The van der Waals surface area contributed by atoms with Crippen molar-refractivity contribution >= 4 is 29.2 Å². The Morgan fingerprint density at radius 1 is 0.800 bits per heavy atom. The third-order valence-corrected chi connectivity index (χ3v) is 6.95. The van der Waals surface area contributed by atoms with Crippen molar-refractivity contribution in [2.24, 2.45) is 5.92 Å². The van der Waals surface area contributed by atoms with E-state index in [0.717, 1.165) is 4.90 Å². The second-order valence-corrected chi connectivity index (χ2v) is 9.31. The summed E-state index contributed by atoms with van der Waals surface area (Å²) in [4.78, 5) is 47.1. The monoisotopic (exact) mass is 538 g/mol. The fourth-order valence-corrected chi connectivity index (χ4v) is 5.08. The first-order chi connectivity index (χ1) is 19.5. The largest absolute Gasteiger partial charge is 0.493 e. The summed E-state index contributed by atoms with van der Waals surface area (Å²) in [5, 5.41) is 1.55. The second kappa shape index (κ2) is 10.3. The van der Waals surface area contributed by atoms with E-state index < -0.39 is 41.7 Å². The highest BCUT2D eigenvalue weighted by Gasteiger charge is 2.60. The zero-order chi connectivity index (χ0) is 27.8. The van der Waals surface area contributed by atoms with Crippen molar-refractivity contribution in [1.29, 1.82) is 0 Å². The lowest BCUT2D eigenvalue weighted by Crippen LogP contribution is -2.37. The van der Waals surface area contributed by atoms with Crippen LogP contribution >= 0.6 is 0 Å². The van der Waals surface area contributed by atoms with E-state index in [2.05, 4.69) is 0 Å². The molecule has 2 saturated heterocycles. The van der Waals surface area contributed by atoms with E-state index in [1.54, 1.807) is 53.6 Å². The molecule has 0 unspecified atom stereocenters. The molecule has 0 aromatic heterocycles. The molecule has 40 heavy (non-hydrogen) atoms. The van der Waals surface area contributed by atoms with Crippen LogP contribution in [0.15, 0.2) is 103 Å². The van der Waals surface area contributed by atoms with Crippen LogP contribution in [0.5, 0.6) is 11.5 Å². The molecule has 0 aliphatic carbocycles. The van der Waals surface area contributed by atoms with Gasteiger partial charge in [-0.3, -0.25) is 14.4 Å². The molecular formula is C31H23FN2O6.